The number of fused-ring (bicyclic) bond motifs is 1. The van der Waals surface area contributed by atoms with E-state index in [0.717, 1.165) is 16.3 Å². The molecular weight excluding hydrogens is 341 g/mol. The highest BCUT2D eigenvalue weighted by Gasteiger charge is 2.21. The van der Waals surface area contributed by atoms with Gasteiger partial charge in [-0.05, 0) is 23.1 Å². The Morgan fingerprint density at radius 1 is 0.815 bits per heavy atom. The van der Waals surface area contributed by atoms with Gasteiger partial charge in [0.25, 0.3) is 0 Å². The summed E-state index contributed by atoms with van der Waals surface area (Å²) in [4.78, 5) is 17.2. The van der Waals surface area contributed by atoms with Crippen LogP contribution in [0.4, 0.5) is 4.39 Å². The number of methoxy groups -OCH3 is 1. The van der Waals surface area contributed by atoms with Gasteiger partial charge < -0.3 is 4.74 Å². The van der Waals surface area contributed by atoms with Crippen molar-refractivity contribution < 1.29 is 13.9 Å². The molecule has 0 amide bonds. The van der Waals surface area contributed by atoms with E-state index in [1.807, 2.05) is 54.6 Å². The number of pyridine rings is 1. The zero-order chi connectivity index (χ0) is 18.8. The minimum atomic E-state index is -0.530. The predicted octanol–water partition coefficient (Wildman–Crippen LogP) is 5.49. The Balaban J connectivity index is 2.11. The van der Waals surface area contributed by atoms with Crippen molar-refractivity contribution >= 4 is 16.7 Å². The molecule has 0 aliphatic carbocycles. The standard InChI is InChI=1S/C23H16FNO2/c1-27-23(26)22-20(15-11-13-17(24)14-12-15)18-9-5-6-10-19(18)21(25-22)16-7-3-2-4-8-16/h2-14H,1H3. The van der Waals surface area contributed by atoms with E-state index in [0.29, 0.717) is 16.8 Å². The first-order valence-electron chi connectivity index (χ1n) is 8.51. The van der Waals surface area contributed by atoms with Gasteiger partial charge in [0.05, 0.1) is 12.8 Å². The van der Waals surface area contributed by atoms with E-state index in [1.54, 1.807) is 12.1 Å². The van der Waals surface area contributed by atoms with Crippen LogP contribution >= 0.6 is 0 Å². The van der Waals surface area contributed by atoms with E-state index in [-0.39, 0.29) is 11.5 Å². The Morgan fingerprint density at radius 2 is 1.44 bits per heavy atom. The van der Waals surface area contributed by atoms with Gasteiger partial charge in [0.2, 0.25) is 0 Å². The molecule has 0 bridgehead atoms. The van der Waals surface area contributed by atoms with Gasteiger partial charge in [-0.3, -0.25) is 0 Å². The van der Waals surface area contributed by atoms with E-state index in [4.69, 9.17) is 4.74 Å². The third-order valence-corrected chi connectivity index (χ3v) is 4.47. The van der Waals surface area contributed by atoms with Crippen molar-refractivity contribution in [1.29, 1.82) is 0 Å². The average molecular weight is 357 g/mol. The molecular formula is C23H16FNO2. The fourth-order valence-electron chi connectivity index (χ4n) is 3.23. The van der Waals surface area contributed by atoms with Crippen LogP contribution in [0.15, 0.2) is 78.9 Å². The highest BCUT2D eigenvalue weighted by molar-refractivity contribution is 6.10. The van der Waals surface area contributed by atoms with Gasteiger partial charge in [-0.1, -0.05) is 66.7 Å². The molecule has 4 aromatic rings. The number of benzene rings is 3. The molecule has 0 saturated carbocycles. The second kappa shape index (κ2) is 7.00. The molecule has 27 heavy (non-hydrogen) atoms. The number of hydrogen-bond donors (Lipinski definition) is 0. The summed E-state index contributed by atoms with van der Waals surface area (Å²) in [5.41, 5.74) is 3.17. The molecule has 0 fully saturated rings. The van der Waals surface area contributed by atoms with Crippen LogP contribution in [-0.2, 0) is 4.74 Å². The number of hydrogen-bond acceptors (Lipinski definition) is 3. The lowest BCUT2D eigenvalue weighted by atomic mass is 9.94. The molecule has 0 atom stereocenters. The van der Waals surface area contributed by atoms with Crippen LogP contribution in [0.3, 0.4) is 0 Å². The van der Waals surface area contributed by atoms with Crippen molar-refractivity contribution in [2.24, 2.45) is 0 Å². The summed E-state index contributed by atoms with van der Waals surface area (Å²) in [6.45, 7) is 0. The van der Waals surface area contributed by atoms with Crippen LogP contribution in [0, 0.1) is 5.82 Å². The molecule has 0 aliphatic heterocycles. The quantitative estimate of drug-likeness (QED) is 0.455. The van der Waals surface area contributed by atoms with Crippen LogP contribution in [0.5, 0.6) is 0 Å². The topological polar surface area (TPSA) is 39.2 Å². The summed E-state index contributed by atoms with van der Waals surface area (Å²) < 4.78 is 18.4. The molecule has 0 N–H and O–H groups in total. The lowest BCUT2D eigenvalue weighted by Gasteiger charge is -2.15. The lowest BCUT2D eigenvalue weighted by molar-refractivity contribution is 0.0595. The van der Waals surface area contributed by atoms with Gasteiger partial charge in [0.1, 0.15) is 5.82 Å². The Morgan fingerprint density at radius 3 is 2.11 bits per heavy atom. The fraction of sp³-hybridized carbons (Fsp3) is 0.0435. The molecule has 0 aliphatic rings. The van der Waals surface area contributed by atoms with Gasteiger partial charge in [0.15, 0.2) is 5.69 Å². The summed E-state index contributed by atoms with van der Waals surface area (Å²) in [5.74, 6) is -0.867. The normalized spacial score (nSPS) is 10.7. The Kier molecular flexibility index (Phi) is 4.38. The largest absolute Gasteiger partial charge is 0.464 e. The monoisotopic (exact) mass is 357 g/mol. The number of nitrogens with zero attached hydrogens (tertiary/aromatic N) is 1. The average Bonchev–Trinajstić information content (AvgIpc) is 2.73. The van der Waals surface area contributed by atoms with Crippen LogP contribution < -0.4 is 0 Å². The number of carbonyl (C=O) groups is 1. The molecule has 132 valence electrons. The predicted molar refractivity (Wildman–Crippen MR) is 104 cm³/mol. The Bertz CT molecular complexity index is 1120. The summed E-state index contributed by atoms with van der Waals surface area (Å²) in [6, 6.07) is 23.5. The first-order chi connectivity index (χ1) is 13.2. The van der Waals surface area contributed by atoms with E-state index in [2.05, 4.69) is 4.98 Å². The first kappa shape index (κ1) is 16.9. The van der Waals surface area contributed by atoms with E-state index < -0.39 is 5.97 Å². The number of carbonyl (C=O) groups excluding carboxylic acids is 1. The van der Waals surface area contributed by atoms with Crippen LogP contribution in [0.25, 0.3) is 33.2 Å². The third-order valence-electron chi connectivity index (χ3n) is 4.47. The zero-order valence-corrected chi connectivity index (χ0v) is 14.6. The van der Waals surface area contributed by atoms with Crippen molar-refractivity contribution in [2.45, 2.75) is 0 Å². The molecule has 3 aromatic carbocycles. The minimum absolute atomic E-state index is 0.210. The zero-order valence-electron chi connectivity index (χ0n) is 14.6. The smallest absolute Gasteiger partial charge is 0.357 e. The first-order valence-corrected chi connectivity index (χ1v) is 8.51. The van der Waals surface area contributed by atoms with Gasteiger partial charge >= 0.3 is 5.97 Å². The molecule has 4 heteroatoms. The van der Waals surface area contributed by atoms with Crippen molar-refractivity contribution in [3.05, 3.63) is 90.4 Å². The third kappa shape index (κ3) is 3.06. The second-order valence-corrected chi connectivity index (χ2v) is 6.09. The fourth-order valence-corrected chi connectivity index (χ4v) is 3.23. The van der Waals surface area contributed by atoms with Crippen LogP contribution in [-0.4, -0.2) is 18.1 Å². The van der Waals surface area contributed by atoms with E-state index >= 15 is 0 Å². The van der Waals surface area contributed by atoms with Crippen molar-refractivity contribution in [3.63, 3.8) is 0 Å². The number of esters is 1. The van der Waals surface area contributed by atoms with Crippen LogP contribution in [0.2, 0.25) is 0 Å². The Hall–Kier alpha value is -3.53. The number of halogens is 1. The van der Waals surface area contributed by atoms with E-state index in [9.17, 15) is 9.18 Å². The maximum Gasteiger partial charge on any atom is 0.357 e. The minimum Gasteiger partial charge on any atom is -0.464 e. The lowest BCUT2D eigenvalue weighted by Crippen LogP contribution is -2.08. The van der Waals surface area contributed by atoms with Gasteiger partial charge in [0, 0.05) is 16.5 Å². The second-order valence-electron chi connectivity index (χ2n) is 6.09. The molecule has 3 nitrogen and oxygen atoms in total. The van der Waals surface area contributed by atoms with E-state index in [1.165, 1.54) is 19.2 Å². The summed E-state index contributed by atoms with van der Waals surface area (Å²) in [6.07, 6.45) is 0. The highest BCUT2D eigenvalue weighted by Crippen LogP contribution is 2.36. The SMILES string of the molecule is COC(=O)c1nc(-c2ccccc2)c2ccccc2c1-c1ccc(F)cc1. The molecule has 1 heterocycles. The molecule has 0 radical (unpaired) electrons. The summed E-state index contributed by atoms with van der Waals surface area (Å²) in [7, 11) is 1.33. The molecule has 4 rings (SSSR count). The van der Waals surface area contributed by atoms with Gasteiger partial charge in [-0.25, -0.2) is 14.2 Å². The van der Waals surface area contributed by atoms with Crippen molar-refractivity contribution in [1.82, 2.24) is 4.98 Å². The van der Waals surface area contributed by atoms with Crippen molar-refractivity contribution in [3.8, 4) is 22.4 Å². The highest BCUT2D eigenvalue weighted by atomic mass is 19.1. The van der Waals surface area contributed by atoms with Crippen molar-refractivity contribution in [2.75, 3.05) is 7.11 Å². The molecule has 0 spiro atoms. The molecule has 0 unspecified atom stereocenters. The maximum atomic E-state index is 13.4. The summed E-state index contributed by atoms with van der Waals surface area (Å²) >= 11 is 0. The van der Waals surface area contributed by atoms with Crippen LogP contribution in [0.1, 0.15) is 10.5 Å². The molecule has 0 saturated heterocycles. The van der Waals surface area contributed by atoms with Gasteiger partial charge in [-0.15, -0.1) is 0 Å². The Labute approximate surface area is 156 Å². The number of ether oxygens (including phenoxy) is 1. The number of aromatic nitrogens is 1. The van der Waals surface area contributed by atoms with Gasteiger partial charge in [-0.2, -0.15) is 0 Å². The maximum absolute atomic E-state index is 13.4. The number of rotatable bonds is 3. The summed E-state index contributed by atoms with van der Waals surface area (Å²) in [5, 5.41) is 1.77. The molecule has 1 aromatic heterocycles.